The van der Waals surface area contributed by atoms with Crippen molar-refractivity contribution in [1.29, 1.82) is 0 Å². The molecule has 2 heterocycles. The maximum absolute atomic E-state index is 11.7. The molecule has 1 atom stereocenters. The van der Waals surface area contributed by atoms with Crippen LogP contribution in [-0.4, -0.2) is 37.7 Å². The predicted octanol–water partition coefficient (Wildman–Crippen LogP) is 3.26. The normalized spacial score (nSPS) is 11.9. The Morgan fingerprint density at radius 1 is 1.19 bits per heavy atom. The van der Waals surface area contributed by atoms with Gasteiger partial charge in [-0.1, -0.05) is 18.2 Å². The maximum atomic E-state index is 11.7. The fraction of sp³-hybridized carbons (Fsp3) is 0.263. The molecular weight excluding hydrogens is 346 g/mol. The van der Waals surface area contributed by atoms with Gasteiger partial charge in [0, 0.05) is 24.9 Å². The molecule has 6 nitrogen and oxygen atoms in total. The quantitative estimate of drug-likeness (QED) is 0.694. The fourth-order valence-corrected chi connectivity index (χ4v) is 3.15. The molecular formula is C19H21N5OS. The number of hydrogen-bond acceptors (Lipinski definition) is 5. The van der Waals surface area contributed by atoms with E-state index in [1.165, 1.54) is 6.92 Å². The minimum atomic E-state index is -0.205. The lowest BCUT2D eigenvalue weighted by atomic mass is 10.2. The number of para-hydroxylation sites is 1. The largest absolute Gasteiger partial charge is 0.346 e. The second-order valence-corrected chi connectivity index (χ2v) is 6.80. The van der Waals surface area contributed by atoms with E-state index in [4.69, 9.17) is 10.1 Å². The van der Waals surface area contributed by atoms with Crippen LogP contribution < -0.4 is 5.32 Å². The van der Waals surface area contributed by atoms with Crippen LogP contribution in [0.15, 0.2) is 54.9 Å². The third kappa shape index (κ3) is 4.29. The number of carbonyl (C=O) groups excluding carboxylic acids is 1. The van der Waals surface area contributed by atoms with Gasteiger partial charge in [-0.3, -0.25) is 9.78 Å². The highest BCUT2D eigenvalue weighted by Gasteiger charge is 2.22. The molecule has 0 saturated carbocycles. The van der Waals surface area contributed by atoms with Crippen LogP contribution in [0.3, 0.4) is 0 Å². The Labute approximate surface area is 157 Å². The molecule has 26 heavy (non-hydrogen) atoms. The average molecular weight is 367 g/mol. The molecule has 0 saturated heterocycles. The first kappa shape index (κ1) is 18.1. The van der Waals surface area contributed by atoms with Gasteiger partial charge in [-0.25, -0.2) is 9.67 Å². The Balaban J connectivity index is 2.08. The summed E-state index contributed by atoms with van der Waals surface area (Å²) in [5, 5.41) is 7.72. The molecule has 1 aromatic carbocycles. The van der Waals surface area contributed by atoms with Gasteiger partial charge in [0.2, 0.25) is 5.91 Å². The Morgan fingerprint density at radius 3 is 2.58 bits per heavy atom. The van der Waals surface area contributed by atoms with Crippen LogP contribution in [0.1, 0.15) is 25.2 Å². The van der Waals surface area contributed by atoms with E-state index >= 15 is 0 Å². The number of carbonyl (C=O) groups is 1. The van der Waals surface area contributed by atoms with Crippen LogP contribution >= 0.6 is 11.8 Å². The summed E-state index contributed by atoms with van der Waals surface area (Å²) in [4.78, 5) is 20.5. The van der Waals surface area contributed by atoms with Crippen molar-refractivity contribution in [2.75, 3.05) is 12.0 Å². The molecule has 0 aliphatic heterocycles. The third-order valence-corrected chi connectivity index (χ3v) is 4.52. The van der Waals surface area contributed by atoms with Crippen molar-refractivity contribution in [3.05, 3.63) is 60.7 Å². The molecule has 0 unspecified atom stereocenters. The number of thioether (sulfide) groups is 1. The summed E-state index contributed by atoms with van der Waals surface area (Å²) in [5.41, 5.74) is 1.80. The second-order valence-electron chi connectivity index (χ2n) is 5.81. The lowest BCUT2D eigenvalue weighted by Crippen LogP contribution is -2.29. The summed E-state index contributed by atoms with van der Waals surface area (Å²) in [5.74, 6) is 2.18. The second kappa shape index (κ2) is 8.62. The van der Waals surface area contributed by atoms with Gasteiger partial charge in [-0.2, -0.15) is 11.8 Å². The third-order valence-electron chi connectivity index (χ3n) is 3.87. The Morgan fingerprint density at radius 2 is 1.92 bits per heavy atom. The Bertz CT molecular complexity index is 851. The van der Waals surface area contributed by atoms with Gasteiger partial charge in [-0.15, -0.1) is 5.10 Å². The zero-order chi connectivity index (χ0) is 18.4. The molecule has 134 valence electrons. The SMILES string of the molecule is CSCC[C@H](NC(C)=O)c1nc(-c2ccncc2)nn1-c1ccccc1. The van der Waals surface area contributed by atoms with Gasteiger partial charge in [-0.05, 0) is 42.7 Å². The average Bonchev–Trinajstić information content (AvgIpc) is 3.11. The van der Waals surface area contributed by atoms with Crippen molar-refractivity contribution in [2.45, 2.75) is 19.4 Å². The monoisotopic (exact) mass is 367 g/mol. The standard InChI is InChI=1S/C19H21N5OS/c1-14(25)21-17(10-13-26-2)19-22-18(15-8-11-20-12-9-15)23-24(19)16-6-4-3-5-7-16/h3-9,11-12,17H,10,13H2,1-2H3,(H,21,25)/t17-/m0/s1. The first-order valence-corrected chi connectivity index (χ1v) is 9.77. The number of pyridine rings is 1. The Hall–Kier alpha value is -2.67. The number of hydrogen-bond donors (Lipinski definition) is 1. The van der Waals surface area contributed by atoms with Crippen molar-refractivity contribution in [3.63, 3.8) is 0 Å². The van der Waals surface area contributed by atoms with E-state index in [0.717, 1.165) is 29.2 Å². The number of nitrogens with one attached hydrogen (secondary N) is 1. The van der Waals surface area contributed by atoms with E-state index in [0.29, 0.717) is 5.82 Å². The highest BCUT2D eigenvalue weighted by atomic mass is 32.2. The number of aromatic nitrogens is 4. The van der Waals surface area contributed by atoms with E-state index in [1.807, 2.05) is 47.1 Å². The molecule has 1 N–H and O–H groups in total. The zero-order valence-electron chi connectivity index (χ0n) is 14.8. The lowest BCUT2D eigenvalue weighted by Gasteiger charge is -2.17. The van der Waals surface area contributed by atoms with E-state index in [2.05, 4.69) is 16.6 Å². The summed E-state index contributed by atoms with van der Waals surface area (Å²) in [6, 6.07) is 13.4. The lowest BCUT2D eigenvalue weighted by molar-refractivity contribution is -0.119. The van der Waals surface area contributed by atoms with Gasteiger partial charge < -0.3 is 5.32 Å². The molecule has 2 aromatic heterocycles. The maximum Gasteiger partial charge on any atom is 0.217 e. The van der Waals surface area contributed by atoms with Crippen LogP contribution in [0, 0.1) is 0 Å². The predicted molar refractivity (Wildman–Crippen MR) is 104 cm³/mol. The molecule has 1 amide bonds. The minimum absolute atomic E-state index is 0.0795. The highest BCUT2D eigenvalue weighted by Crippen LogP contribution is 2.24. The molecule has 3 aromatic rings. The van der Waals surface area contributed by atoms with Gasteiger partial charge in [0.05, 0.1) is 11.7 Å². The number of rotatable bonds is 7. The van der Waals surface area contributed by atoms with E-state index in [1.54, 1.807) is 24.2 Å². The van der Waals surface area contributed by atoms with Crippen LogP contribution in [0.2, 0.25) is 0 Å². The zero-order valence-corrected chi connectivity index (χ0v) is 15.6. The van der Waals surface area contributed by atoms with Crippen LogP contribution in [-0.2, 0) is 4.79 Å². The van der Waals surface area contributed by atoms with Gasteiger partial charge in [0.15, 0.2) is 11.6 Å². The van der Waals surface area contributed by atoms with Gasteiger partial charge >= 0.3 is 0 Å². The van der Waals surface area contributed by atoms with Crippen molar-refractivity contribution < 1.29 is 4.79 Å². The number of benzene rings is 1. The summed E-state index contributed by atoms with van der Waals surface area (Å²) in [6.07, 6.45) is 6.27. The molecule has 0 aliphatic rings. The first-order valence-electron chi connectivity index (χ1n) is 8.38. The summed E-state index contributed by atoms with van der Waals surface area (Å²) >= 11 is 1.74. The first-order chi connectivity index (χ1) is 12.7. The van der Waals surface area contributed by atoms with Crippen molar-refractivity contribution in [2.24, 2.45) is 0 Å². The molecule has 0 fully saturated rings. The molecule has 7 heteroatoms. The molecule has 0 radical (unpaired) electrons. The van der Waals surface area contributed by atoms with Crippen LogP contribution in [0.25, 0.3) is 17.1 Å². The Kier molecular flexibility index (Phi) is 6.01. The minimum Gasteiger partial charge on any atom is -0.346 e. The fourth-order valence-electron chi connectivity index (χ4n) is 2.68. The van der Waals surface area contributed by atoms with E-state index in [9.17, 15) is 4.79 Å². The van der Waals surface area contributed by atoms with Gasteiger partial charge in [0.25, 0.3) is 0 Å². The molecule has 0 aliphatic carbocycles. The summed E-state index contributed by atoms with van der Waals surface area (Å²) in [7, 11) is 0. The van der Waals surface area contributed by atoms with Crippen molar-refractivity contribution >= 4 is 17.7 Å². The molecule has 0 spiro atoms. The molecule has 3 rings (SSSR count). The van der Waals surface area contributed by atoms with E-state index < -0.39 is 0 Å². The number of amides is 1. The topological polar surface area (TPSA) is 72.7 Å². The van der Waals surface area contributed by atoms with Crippen LogP contribution in [0.4, 0.5) is 0 Å². The van der Waals surface area contributed by atoms with Crippen LogP contribution in [0.5, 0.6) is 0 Å². The number of nitrogens with zero attached hydrogens (tertiary/aromatic N) is 4. The van der Waals surface area contributed by atoms with Crippen molar-refractivity contribution in [1.82, 2.24) is 25.1 Å². The summed E-state index contributed by atoms with van der Waals surface area (Å²) in [6.45, 7) is 1.53. The summed E-state index contributed by atoms with van der Waals surface area (Å²) < 4.78 is 1.82. The van der Waals surface area contributed by atoms with Gasteiger partial charge in [0.1, 0.15) is 0 Å². The van der Waals surface area contributed by atoms with E-state index in [-0.39, 0.29) is 11.9 Å². The molecule has 0 bridgehead atoms. The highest BCUT2D eigenvalue weighted by molar-refractivity contribution is 7.98. The van der Waals surface area contributed by atoms with Crippen molar-refractivity contribution in [3.8, 4) is 17.1 Å². The smallest absolute Gasteiger partial charge is 0.217 e.